The van der Waals surface area contributed by atoms with Crippen LogP contribution in [0, 0.1) is 0 Å². The number of hydrogen-bond acceptors (Lipinski definition) is 4. The fourth-order valence-corrected chi connectivity index (χ4v) is 2.54. The van der Waals surface area contributed by atoms with Gasteiger partial charge in [0.15, 0.2) is 6.61 Å². The van der Waals surface area contributed by atoms with Crippen LogP contribution >= 0.6 is 0 Å². The molecule has 0 aliphatic heterocycles. The molecule has 1 aromatic carbocycles. The normalized spacial score (nSPS) is 11.0. The molecular formula is C12H12N2O5S. The first kappa shape index (κ1) is 13.9. The van der Waals surface area contributed by atoms with Gasteiger partial charge in [0.25, 0.3) is 10.0 Å². The number of aliphatic carboxylic acids is 1. The van der Waals surface area contributed by atoms with Gasteiger partial charge in [-0.25, -0.2) is 13.2 Å². The lowest BCUT2D eigenvalue weighted by Crippen LogP contribution is -2.15. The zero-order valence-corrected chi connectivity index (χ0v) is 11.1. The molecule has 106 valence electrons. The highest BCUT2D eigenvalue weighted by molar-refractivity contribution is 7.92. The highest BCUT2D eigenvalue weighted by atomic mass is 32.2. The van der Waals surface area contributed by atoms with Crippen LogP contribution in [0.15, 0.2) is 47.6 Å². The van der Waals surface area contributed by atoms with Gasteiger partial charge in [-0.3, -0.25) is 4.72 Å². The molecule has 3 N–H and O–H groups in total. The second-order valence-electron chi connectivity index (χ2n) is 3.83. The van der Waals surface area contributed by atoms with Gasteiger partial charge in [0.2, 0.25) is 0 Å². The van der Waals surface area contributed by atoms with Crippen molar-refractivity contribution in [2.75, 3.05) is 11.3 Å². The predicted octanol–water partition coefficient (Wildman–Crippen LogP) is 1.28. The summed E-state index contributed by atoms with van der Waals surface area (Å²) in [6.45, 7) is -0.553. The minimum atomic E-state index is -3.74. The minimum Gasteiger partial charge on any atom is -0.480 e. The second-order valence-corrected chi connectivity index (χ2v) is 5.51. The summed E-state index contributed by atoms with van der Waals surface area (Å²) in [5, 5.41) is 8.58. The van der Waals surface area contributed by atoms with Crippen molar-refractivity contribution in [1.29, 1.82) is 0 Å². The van der Waals surface area contributed by atoms with Gasteiger partial charge in [0, 0.05) is 12.4 Å². The van der Waals surface area contributed by atoms with Crippen LogP contribution in [0.3, 0.4) is 0 Å². The van der Waals surface area contributed by atoms with Crippen LogP contribution in [0.25, 0.3) is 0 Å². The van der Waals surface area contributed by atoms with Crippen LogP contribution in [0.4, 0.5) is 5.69 Å². The molecule has 0 saturated heterocycles. The molecular weight excluding hydrogens is 284 g/mol. The number of aromatic nitrogens is 1. The summed E-state index contributed by atoms with van der Waals surface area (Å²) >= 11 is 0. The Hall–Kier alpha value is -2.48. The molecule has 2 aromatic rings. The summed E-state index contributed by atoms with van der Waals surface area (Å²) in [5.74, 6) is -0.998. The number of carboxylic acids is 1. The molecule has 7 nitrogen and oxygen atoms in total. The quantitative estimate of drug-likeness (QED) is 0.744. The number of carbonyl (C=O) groups is 1. The number of para-hydroxylation sites is 2. The molecule has 0 spiro atoms. The average molecular weight is 296 g/mol. The molecule has 0 radical (unpaired) electrons. The van der Waals surface area contributed by atoms with Crippen molar-refractivity contribution in [3.8, 4) is 5.75 Å². The van der Waals surface area contributed by atoms with Crippen LogP contribution < -0.4 is 9.46 Å². The number of ether oxygens (including phenoxy) is 1. The second kappa shape index (κ2) is 5.66. The first-order chi connectivity index (χ1) is 9.49. The lowest BCUT2D eigenvalue weighted by Gasteiger charge is -2.11. The molecule has 0 aliphatic rings. The van der Waals surface area contributed by atoms with Gasteiger partial charge in [-0.05, 0) is 18.2 Å². The Balaban J connectivity index is 2.23. The van der Waals surface area contributed by atoms with E-state index in [1.807, 2.05) is 0 Å². The van der Waals surface area contributed by atoms with Crippen LogP contribution in [-0.4, -0.2) is 31.1 Å². The third-order valence-corrected chi connectivity index (χ3v) is 3.73. The molecule has 8 heteroatoms. The third kappa shape index (κ3) is 3.29. The smallest absolute Gasteiger partial charge is 0.341 e. The largest absolute Gasteiger partial charge is 0.480 e. The molecule has 0 aliphatic carbocycles. The Morgan fingerprint density at radius 2 is 2.05 bits per heavy atom. The van der Waals surface area contributed by atoms with Crippen molar-refractivity contribution in [1.82, 2.24) is 4.98 Å². The molecule has 0 fully saturated rings. The Morgan fingerprint density at radius 3 is 2.70 bits per heavy atom. The maximum atomic E-state index is 12.1. The molecule has 0 unspecified atom stereocenters. The highest BCUT2D eigenvalue weighted by Gasteiger charge is 2.16. The zero-order valence-electron chi connectivity index (χ0n) is 10.2. The van der Waals surface area contributed by atoms with Crippen molar-refractivity contribution in [2.24, 2.45) is 0 Å². The Kier molecular flexibility index (Phi) is 3.94. The van der Waals surface area contributed by atoms with Gasteiger partial charge < -0.3 is 14.8 Å². The number of nitrogens with one attached hydrogen (secondary N) is 2. The van der Waals surface area contributed by atoms with E-state index in [0.717, 1.165) is 0 Å². The van der Waals surface area contributed by atoms with Gasteiger partial charge in [0.05, 0.1) is 5.69 Å². The molecule has 0 amide bonds. The van der Waals surface area contributed by atoms with Crippen LogP contribution in [-0.2, 0) is 14.8 Å². The monoisotopic (exact) mass is 296 g/mol. The van der Waals surface area contributed by atoms with E-state index in [1.54, 1.807) is 12.1 Å². The van der Waals surface area contributed by atoms with Crippen molar-refractivity contribution in [3.63, 3.8) is 0 Å². The topological polar surface area (TPSA) is 108 Å². The average Bonchev–Trinajstić information content (AvgIpc) is 2.92. The number of H-pyrrole nitrogens is 1. The molecule has 0 bridgehead atoms. The lowest BCUT2D eigenvalue weighted by atomic mass is 10.3. The lowest BCUT2D eigenvalue weighted by molar-refractivity contribution is -0.139. The fraction of sp³-hybridized carbons (Fsp3) is 0.0833. The molecule has 0 saturated carbocycles. The number of carboxylic acid groups (broad SMARTS) is 1. The van der Waals surface area contributed by atoms with E-state index >= 15 is 0 Å². The Morgan fingerprint density at radius 1 is 1.30 bits per heavy atom. The fourth-order valence-electron chi connectivity index (χ4n) is 1.50. The van der Waals surface area contributed by atoms with Crippen molar-refractivity contribution >= 4 is 21.7 Å². The van der Waals surface area contributed by atoms with E-state index in [9.17, 15) is 13.2 Å². The molecule has 0 atom stereocenters. The summed E-state index contributed by atoms with van der Waals surface area (Å²) in [7, 11) is -3.74. The number of anilines is 1. The molecule has 2 rings (SSSR count). The number of benzene rings is 1. The van der Waals surface area contributed by atoms with Crippen LogP contribution in [0.5, 0.6) is 5.75 Å². The van der Waals surface area contributed by atoms with Gasteiger partial charge in [0.1, 0.15) is 10.6 Å². The third-order valence-electron chi connectivity index (χ3n) is 2.36. The SMILES string of the molecule is O=C(O)COc1ccccc1NS(=O)(=O)c1cc[nH]c1. The van der Waals surface area contributed by atoms with E-state index in [4.69, 9.17) is 9.84 Å². The summed E-state index contributed by atoms with van der Waals surface area (Å²) in [6.07, 6.45) is 2.82. The number of aromatic amines is 1. The van der Waals surface area contributed by atoms with Crippen molar-refractivity contribution in [2.45, 2.75) is 4.90 Å². The summed E-state index contributed by atoms with van der Waals surface area (Å²) < 4.78 is 31.5. The van der Waals surface area contributed by atoms with Crippen LogP contribution in [0.1, 0.15) is 0 Å². The molecule has 20 heavy (non-hydrogen) atoms. The molecule has 1 heterocycles. The van der Waals surface area contributed by atoms with E-state index in [1.165, 1.54) is 30.6 Å². The van der Waals surface area contributed by atoms with E-state index < -0.39 is 22.6 Å². The number of rotatable bonds is 6. The minimum absolute atomic E-state index is 0.0746. The summed E-state index contributed by atoms with van der Waals surface area (Å²) in [6, 6.07) is 7.61. The number of hydrogen-bond donors (Lipinski definition) is 3. The van der Waals surface area contributed by atoms with Gasteiger partial charge in [-0.2, -0.15) is 0 Å². The Labute approximate surface area is 115 Å². The first-order valence-electron chi connectivity index (χ1n) is 5.58. The highest BCUT2D eigenvalue weighted by Crippen LogP contribution is 2.26. The van der Waals surface area contributed by atoms with E-state index in [-0.39, 0.29) is 16.3 Å². The van der Waals surface area contributed by atoms with Crippen molar-refractivity contribution in [3.05, 3.63) is 42.7 Å². The van der Waals surface area contributed by atoms with E-state index in [2.05, 4.69) is 9.71 Å². The first-order valence-corrected chi connectivity index (χ1v) is 7.06. The van der Waals surface area contributed by atoms with Gasteiger partial charge >= 0.3 is 5.97 Å². The maximum Gasteiger partial charge on any atom is 0.341 e. The van der Waals surface area contributed by atoms with Crippen molar-refractivity contribution < 1.29 is 23.1 Å². The van der Waals surface area contributed by atoms with E-state index in [0.29, 0.717) is 0 Å². The van der Waals surface area contributed by atoms with Gasteiger partial charge in [-0.15, -0.1) is 0 Å². The Bertz CT molecular complexity index is 694. The summed E-state index contributed by atoms with van der Waals surface area (Å²) in [4.78, 5) is 13.2. The molecule has 1 aromatic heterocycles. The van der Waals surface area contributed by atoms with Crippen LogP contribution in [0.2, 0.25) is 0 Å². The maximum absolute atomic E-state index is 12.1. The number of sulfonamides is 1. The predicted molar refractivity (Wildman–Crippen MR) is 71.2 cm³/mol. The summed E-state index contributed by atoms with van der Waals surface area (Å²) in [5.41, 5.74) is 0.176. The van der Waals surface area contributed by atoms with Gasteiger partial charge in [-0.1, -0.05) is 12.1 Å². The standard InChI is InChI=1S/C12H12N2O5S/c15-12(16)8-19-11-4-2-1-3-10(11)14-20(17,18)9-5-6-13-7-9/h1-7,13-14H,8H2,(H,15,16). The zero-order chi connectivity index (χ0) is 14.6.